The van der Waals surface area contributed by atoms with Crippen molar-refractivity contribution in [1.82, 2.24) is 4.98 Å². The molecule has 0 aliphatic carbocycles. The van der Waals surface area contributed by atoms with E-state index in [1.807, 2.05) is 13.8 Å². The molecule has 5 nitrogen and oxygen atoms in total. The van der Waals surface area contributed by atoms with E-state index in [-0.39, 0.29) is 12.3 Å². The summed E-state index contributed by atoms with van der Waals surface area (Å²) in [7, 11) is 3.03. The first-order valence-corrected chi connectivity index (χ1v) is 7.78. The first kappa shape index (κ1) is 16.6. The number of anilines is 1. The number of thiazole rings is 1. The molecule has 7 heteroatoms. The van der Waals surface area contributed by atoms with Crippen LogP contribution in [0.1, 0.15) is 15.6 Å². The Balaban J connectivity index is 2.19. The smallest absolute Gasteiger partial charge is 0.229 e. The van der Waals surface area contributed by atoms with Crippen LogP contribution < -0.4 is 14.8 Å². The normalized spacial score (nSPS) is 10.4. The molecule has 1 aromatic heterocycles. The van der Waals surface area contributed by atoms with Crippen molar-refractivity contribution >= 4 is 34.5 Å². The Morgan fingerprint density at radius 1 is 1.27 bits per heavy atom. The van der Waals surface area contributed by atoms with Crippen molar-refractivity contribution in [2.24, 2.45) is 0 Å². The molecule has 1 heterocycles. The predicted molar refractivity (Wildman–Crippen MR) is 88.5 cm³/mol. The summed E-state index contributed by atoms with van der Waals surface area (Å²) in [5.74, 6) is 0.813. The highest BCUT2D eigenvalue weighted by Crippen LogP contribution is 2.36. The van der Waals surface area contributed by atoms with E-state index in [0.29, 0.717) is 22.2 Å². The molecule has 0 spiro atoms. The first-order chi connectivity index (χ1) is 10.4. The Hall–Kier alpha value is -1.79. The number of aromatic nitrogens is 1. The van der Waals surface area contributed by atoms with Gasteiger partial charge in [-0.3, -0.25) is 4.79 Å². The highest BCUT2D eigenvalue weighted by atomic mass is 35.5. The van der Waals surface area contributed by atoms with Crippen LogP contribution in [0.3, 0.4) is 0 Å². The minimum Gasteiger partial charge on any atom is -0.495 e. The summed E-state index contributed by atoms with van der Waals surface area (Å²) in [6.07, 6.45) is 0.269. The maximum atomic E-state index is 12.2. The third-order valence-electron chi connectivity index (χ3n) is 3.07. The monoisotopic (exact) mass is 340 g/mol. The zero-order valence-electron chi connectivity index (χ0n) is 12.8. The Labute approximate surface area is 138 Å². The lowest BCUT2D eigenvalue weighted by atomic mass is 10.2. The van der Waals surface area contributed by atoms with E-state index in [1.54, 1.807) is 12.1 Å². The van der Waals surface area contributed by atoms with Gasteiger partial charge in [0.05, 0.1) is 42.1 Å². The number of methoxy groups -OCH3 is 2. The van der Waals surface area contributed by atoms with Crippen molar-refractivity contribution in [3.8, 4) is 11.5 Å². The third-order valence-corrected chi connectivity index (χ3v) is 4.44. The van der Waals surface area contributed by atoms with Crippen LogP contribution in [0.4, 0.5) is 5.69 Å². The molecule has 0 fully saturated rings. The fourth-order valence-electron chi connectivity index (χ4n) is 2.04. The largest absolute Gasteiger partial charge is 0.495 e. The van der Waals surface area contributed by atoms with E-state index >= 15 is 0 Å². The molecule has 0 unspecified atom stereocenters. The maximum absolute atomic E-state index is 12.2. The van der Waals surface area contributed by atoms with Gasteiger partial charge in [-0.25, -0.2) is 4.98 Å². The molecule has 0 saturated carbocycles. The van der Waals surface area contributed by atoms with E-state index in [1.165, 1.54) is 25.6 Å². The van der Waals surface area contributed by atoms with Gasteiger partial charge < -0.3 is 14.8 Å². The number of benzene rings is 1. The van der Waals surface area contributed by atoms with Crippen LogP contribution in [0.25, 0.3) is 0 Å². The molecule has 22 heavy (non-hydrogen) atoms. The molecule has 2 rings (SSSR count). The zero-order chi connectivity index (χ0) is 16.3. The summed E-state index contributed by atoms with van der Waals surface area (Å²) in [5.41, 5.74) is 1.41. The first-order valence-electron chi connectivity index (χ1n) is 6.59. The second kappa shape index (κ2) is 6.98. The van der Waals surface area contributed by atoms with Crippen molar-refractivity contribution in [2.75, 3.05) is 19.5 Å². The second-order valence-electron chi connectivity index (χ2n) is 4.65. The Morgan fingerprint density at radius 3 is 2.50 bits per heavy atom. The van der Waals surface area contributed by atoms with Gasteiger partial charge in [0.15, 0.2) is 0 Å². The predicted octanol–water partition coefficient (Wildman–Crippen LogP) is 3.61. The lowest BCUT2D eigenvalue weighted by Crippen LogP contribution is -2.15. The summed E-state index contributed by atoms with van der Waals surface area (Å²) >= 11 is 7.57. The number of nitrogens with zero attached hydrogens (tertiary/aromatic N) is 1. The number of carbonyl (C=O) groups is 1. The van der Waals surface area contributed by atoms with Gasteiger partial charge in [0.1, 0.15) is 11.5 Å². The fraction of sp³-hybridized carbons (Fsp3) is 0.333. The molecule has 0 bridgehead atoms. The Kier molecular flexibility index (Phi) is 5.26. The number of ether oxygens (including phenoxy) is 2. The van der Waals surface area contributed by atoms with Crippen LogP contribution >= 0.6 is 22.9 Å². The fourth-order valence-corrected chi connectivity index (χ4v) is 3.20. The van der Waals surface area contributed by atoms with Crippen molar-refractivity contribution in [3.63, 3.8) is 0 Å². The number of nitrogens with one attached hydrogen (secondary N) is 1. The summed E-state index contributed by atoms with van der Waals surface area (Å²) in [6, 6.07) is 3.25. The molecule has 0 aliphatic heterocycles. The lowest BCUT2D eigenvalue weighted by Gasteiger charge is -2.13. The number of hydrogen-bond donors (Lipinski definition) is 1. The van der Waals surface area contributed by atoms with Gasteiger partial charge in [-0.05, 0) is 13.8 Å². The molecule has 0 radical (unpaired) electrons. The Morgan fingerprint density at radius 2 is 1.95 bits per heavy atom. The van der Waals surface area contributed by atoms with Crippen LogP contribution in [0.15, 0.2) is 12.1 Å². The van der Waals surface area contributed by atoms with Gasteiger partial charge in [0.2, 0.25) is 5.91 Å². The quantitative estimate of drug-likeness (QED) is 0.903. The number of aryl methyl sites for hydroxylation is 2. The topological polar surface area (TPSA) is 60.5 Å². The van der Waals surface area contributed by atoms with Gasteiger partial charge in [0.25, 0.3) is 0 Å². The van der Waals surface area contributed by atoms with Crippen molar-refractivity contribution in [3.05, 3.63) is 32.7 Å². The average Bonchev–Trinajstić information content (AvgIpc) is 2.78. The highest BCUT2D eigenvalue weighted by molar-refractivity contribution is 7.11. The van der Waals surface area contributed by atoms with E-state index in [0.717, 1.165) is 15.6 Å². The molecule has 0 saturated heterocycles. The van der Waals surface area contributed by atoms with Crippen molar-refractivity contribution in [1.29, 1.82) is 0 Å². The highest BCUT2D eigenvalue weighted by Gasteiger charge is 2.15. The van der Waals surface area contributed by atoms with E-state index in [4.69, 9.17) is 21.1 Å². The van der Waals surface area contributed by atoms with E-state index in [9.17, 15) is 4.79 Å². The summed E-state index contributed by atoms with van der Waals surface area (Å²) in [5, 5.41) is 4.20. The van der Waals surface area contributed by atoms with Crippen molar-refractivity contribution in [2.45, 2.75) is 20.3 Å². The molecular formula is C15H17ClN2O3S. The maximum Gasteiger partial charge on any atom is 0.229 e. The lowest BCUT2D eigenvalue weighted by molar-refractivity contribution is -0.115. The zero-order valence-corrected chi connectivity index (χ0v) is 14.4. The van der Waals surface area contributed by atoms with Crippen LogP contribution in [0.2, 0.25) is 5.02 Å². The molecule has 0 atom stereocenters. The summed E-state index contributed by atoms with van der Waals surface area (Å²) < 4.78 is 10.4. The standard InChI is InChI=1S/C15H17ClN2O3S/c1-8-14(22-9(2)17-8)7-15(19)18-11-6-12(20-3)10(16)5-13(11)21-4/h5-6H,7H2,1-4H3,(H,18,19). The number of carbonyl (C=O) groups excluding carboxylic acids is 1. The number of hydrogen-bond acceptors (Lipinski definition) is 5. The third kappa shape index (κ3) is 3.69. The minimum absolute atomic E-state index is 0.144. The van der Waals surface area contributed by atoms with Gasteiger partial charge in [-0.1, -0.05) is 11.6 Å². The van der Waals surface area contributed by atoms with Gasteiger partial charge >= 0.3 is 0 Å². The van der Waals surface area contributed by atoms with E-state index in [2.05, 4.69) is 10.3 Å². The van der Waals surface area contributed by atoms with E-state index < -0.39 is 0 Å². The van der Waals surface area contributed by atoms with Crippen LogP contribution in [0, 0.1) is 13.8 Å². The molecule has 118 valence electrons. The SMILES string of the molecule is COc1cc(NC(=O)Cc2sc(C)nc2C)c(OC)cc1Cl. The van der Waals surface area contributed by atoms with Crippen LogP contribution in [-0.4, -0.2) is 25.1 Å². The molecule has 1 amide bonds. The minimum atomic E-state index is -0.144. The molecular weight excluding hydrogens is 324 g/mol. The number of halogens is 1. The Bertz CT molecular complexity index is 700. The van der Waals surface area contributed by atoms with Crippen LogP contribution in [-0.2, 0) is 11.2 Å². The van der Waals surface area contributed by atoms with Gasteiger partial charge in [-0.2, -0.15) is 0 Å². The van der Waals surface area contributed by atoms with Crippen molar-refractivity contribution < 1.29 is 14.3 Å². The molecule has 2 aromatic rings. The molecule has 0 aliphatic rings. The van der Waals surface area contributed by atoms with Gasteiger partial charge in [-0.15, -0.1) is 11.3 Å². The van der Waals surface area contributed by atoms with Gasteiger partial charge in [0, 0.05) is 17.0 Å². The summed E-state index contributed by atoms with van der Waals surface area (Å²) in [4.78, 5) is 17.5. The summed E-state index contributed by atoms with van der Waals surface area (Å²) in [6.45, 7) is 3.82. The number of rotatable bonds is 5. The molecule has 1 aromatic carbocycles. The number of amides is 1. The second-order valence-corrected chi connectivity index (χ2v) is 6.35. The average molecular weight is 341 g/mol. The van der Waals surface area contributed by atoms with Crippen LogP contribution in [0.5, 0.6) is 11.5 Å². The molecule has 1 N–H and O–H groups in total.